The van der Waals surface area contributed by atoms with E-state index in [0.717, 1.165) is 51.1 Å². The number of rotatable bonds is 4. The SMILES string of the molecule is CCOC1(c2ncc3c(n2)CCC(CN)C3)CCCCC1. The summed E-state index contributed by atoms with van der Waals surface area (Å²) in [5, 5.41) is 0. The maximum Gasteiger partial charge on any atom is 0.160 e. The van der Waals surface area contributed by atoms with E-state index < -0.39 is 0 Å². The van der Waals surface area contributed by atoms with Gasteiger partial charge in [0.15, 0.2) is 5.82 Å². The van der Waals surface area contributed by atoms with Gasteiger partial charge >= 0.3 is 0 Å². The molecule has 2 N–H and O–H groups in total. The van der Waals surface area contributed by atoms with Gasteiger partial charge in [-0.15, -0.1) is 0 Å². The largest absolute Gasteiger partial charge is 0.367 e. The van der Waals surface area contributed by atoms with Crippen LogP contribution >= 0.6 is 0 Å². The van der Waals surface area contributed by atoms with Gasteiger partial charge in [-0.2, -0.15) is 0 Å². The minimum absolute atomic E-state index is 0.229. The highest BCUT2D eigenvalue weighted by Crippen LogP contribution is 2.39. The molecule has 4 heteroatoms. The summed E-state index contributed by atoms with van der Waals surface area (Å²) >= 11 is 0. The Balaban J connectivity index is 1.88. The van der Waals surface area contributed by atoms with Crippen LogP contribution in [0.1, 0.15) is 62.5 Å². The second kappa shape index (κ2) is 6.41. The van der Waals surface area contributed by atoms with Gasteiger partial charge in [0.2, 0.25) is 0 Å². The molecule has 1 atom stereocenters. The lowest BCUT2D eigenvalue weighted by Gasteiger charge is -2.36. The lowest BCUT2D eigenvalue weighted by molar-refractivity contribution is -0.0768. The van der Waals surface area contributed by atoms with Crippen LogP contribution in [-0.2, 0) is 23.2 Å². The van der Waals surface area contributed by atoms with Crippen LogP contribution in [0.2, 0.25) is 0 Å². The van der Waals surface area contributed by atoms with E-state index >= 15 is 0 Å². The molecule has 1 heterocycles. The smallest absolute Gasteiger partial charge is 0.160 e. The Labute approximate surface area is 127 Å². The third kappa shape index (κ3) is 2.97. The lowest BCUT2D eigenvalue weighted by Crippen LogP contribution is -2.35. The Hall–Kier alpha value is -1.00. The molecule has 2 aliphatic rings. The van der Waals surface area contributed by atoms with Crippen LogP contribution in [0.5, 0.6) is 0 Å². The van der Waals surface area contributed by atoms with Crippen LogP contribution in [-0.4, -0.2) is 23.1 Å². The Kier molecular flexibility index (Phi) is 4.55. The third-order valence-electron chi connectivity index (χ3n) is 5.07. The summed E-state index contributed by atoms with van der Waals surface area (Å²) in [6, 6.07) is 0. The van der Waals surface area contributed by atoms with Crippen molar-refractivity contribution in [3.05, 3.63) is 23.3 Å². The molecule has 0 amide bonds. The summed E-state index contributed by atoms with van der Waals surface area (Å²) in [6.07, 6.45) is 11.1. The van der Waals surface area contributed by atoms with Gasteiger partial charge < -0.3 is 10.5 Å². The maximum atomic E-state index is 6.14. The fourth-order valence-electron chi connectivity index (χ4n) is 3.84. The molecule has 1 fully saturated rings. The average molecular weight is 289 g/mol. The Morgan fingerprint density at radius 3 is 2.86 bits per heavy atom. The van der Waals surface area contributed by atoms with Crippen LogP contribution in [0, 0.1) is 5.92 Å². The number of nitrogens with two attached hydrogens (primary N) is 1. The molecular formula is C17H27N3O. The van der Waals surface area contributed by atoms with Gasteiger partial charge in [0, 0.05) is 18.5 Å². The molecular weight excluding hydrogens is 262 g/mol. The van der Waals surface area contributed by atoms with E-state index in [1.54, 1.807) is 0 Å². The first-order valence-electron chi connectivity index (χ1n) is 8.46. The van der Waals surface area contributed by atoms with Crippen molar-refractivity contribution in [3.63, 3.8) is 0 Å². The van der Waals surface area contributed by atoms with Crippen LogP contribution in [0.3, 0.4) is 0 Å². The standard InChI is InChI=1S/C17H27N3O/c1-2-21-17(8-4-3-5-9-17)16-19-12-14-10-13(11-18)6-7-15(14)20-16/h12-13H,2-11,18H2,1H3. The number of fused-ring (bicyclic) bond motifs is 1. The van der Waals surface area contributed by atoms with Crippen molar-refractivity contribution in [2.75, 3.05) is 13.2 Å². The van der Waals surface area contributed by atoms with Crippen LogP contribution in [0.4, 0.5) is 0 Å². The maximum absolute atomic E-state index is 6.14. The van der Waals surface area contributed by atoms with Gasteiger partial charge in [-0.25, -0.2) is 9.97 Å². The van der Waals surface area contributed by atoms with Crippen molar-refractivity contribution in [1.29, 1.82) is 0 Å². The van der Waals surface area contributed by atoms with Crippen molar-refractivity contribution in [2.45, 2.75) is 63.9 Å². The van der Waals surface area contributed by atoms with E-state index in [2.05, 4.69) is 6.92 Å². The zero-order chi connectivity index (χ0) is 14.7. The molecule has 0 spiro atoms. The molecule has 1 unspecified atom stereocenters. The van der Waals surface area contributed by atoms with Gasteiger partial charge in [0.05, 0.1) is 0 Å². The molecule has 4 nitrogen and oxygen atoms in total. The summed E-state index contributed by atoms with van der Waals surface area (Å²) in [5.41, 5.74) is 8.10. The quantitative estimate of drug-likeness (QED) is 0.926. The van der Waals surface area contributed by atoms with E-state index in [4.69, 9.17) is 20.4 Å². The first-order chi connectivity index (χ1) is 10.3. The van der Waals surface area contributed by atoms with Crippen LogP contribution < -0.4 is 5.73 Å². The Morgan fingerprint density at radius 2 is 2.14 bits per heavy atom. The summed E-state index contributed by atoms with van der Waals surface area (Å²) in [4.78, 5) is 9.62. The topological polar surface area (TPSA) is 61.0 Å². The zero-order valence-electron chi connectivity index (χ0n) is 13.1. The number of nitrogens with zero attached hydrogens (tertiary/aromatic N) is 2. The molecule has 1 saturated carbocycles. The number of hydrogen-bond acceptors (Lipinski definition) is 4. The minimum atomic E-state index is -0.229. The van der Waals surface area contributed by atoms with E-state index in [0.29, 0.717) is 5.92 Å². The molecule has 0 bridgehead atoms. The molecule has 1 aromatic heterocycles. The molecule has 3 rings (SSSR count). The molecule has 0 saturated heterocycles. The number of aryl methyl sites for hydroxylation is 1. The molecule has 2 aliphatic carbocycles. The second-order valence-electron chi connectivity index (χ2n) is 6.50. The summed E-state index contributed by atoms with van der Waals surface area (Å²) < 4.78 is 6.14. The summed E-state index contributed by atoms with van der Waals surface area (Å²) in [6.45, 7) is 3.57. The summed E-state index contributed by atoms with van der Waals surface area (Å²) in [7, 11) is 0. The van der Waals surface area contributed by atoms with Gasteiger partial charge in [-0.3, -0.25) is 0 Å². The van der Waals surface area contributed by atoms with E-state index in [-0.39, 0.29) is 5.60 Å². The van der Waals surface area contributed by atoms with Gasteiger partial charge in [-0.1, -0.05) is 19.3 Å². The molecule has 0 aliphatic heterocycles. The fourth-order valence-corrected chi connectivity index (χ4v) is 3.84. The first kappa shape index (κ1) is 14.9. The number of ether oxygens (including phenoxy) is 1. The highest BCUT2D eigenvalue weighted by Gasteiger charge is 2.38. The number of aromatic nitrogens is 2. The van der Waals surface area contributed by atoms with Crippen LogP contribution in [0.15, 0.2) is 6.20 Å². The Bertz CT molecular complexity index is 477. The second-order valence-corrected chi connectivity index (χ2v) is 6.50. The molecule has 21 heavy (non-hydrogen) atoms. The zero-order valence-corrected chi connectivity index (χ0v) is 13.1. The average Bonchev–Trinajstić information content (AvgIpc) is 2.55. The normalized spacial score (nSPS) is 24.6. The third-order valence-corrected chi connectivity index (χ3v) is 5.07. The van der Waals surface area contributed by atoms with Crippen molar-refractivity contribution in [2.24, 2.45) is 11.7 Å². The minimum Gasteiger partial charge on any atom is -0.367 e. The van der Waals surface area contributed by atoms with Crippen molar-refractivity contribution >= 4 is 0 Å². The highest BCUT2D eigenvalue weighted by atomic mass is 16.5. The van der Waals surface area contributed by atoms with E-state index in [1.165, 1.54) is 30.5 Å². The van der Waals surface area contributed by atoms with Gasteiger partial charge in [0.1, 0.15) is 5.60 Å². The molecule has 1 aromatic rings. The van der Waals surface area contributed by atoms with Gasteiger partial charge in [-0.05, 0) is 57.1 Å². The van der Waals surface area contributed by atoms with Crippen molar-refractivity contribution in [1.82, 2.24) is 9.97 Å². The fraction of sp³-hybridized carbons (Fsp3) is 0.765. The molecule has 0 aromatic carbocycles. The van der Waals surface area contributed by atoms with Crippen molar-refractivity contribution in [3.8, 4) is 0 Å². The monoisotopic (exact) mass is 289 g/mol. The van der Waals surface area contributed by atoms with Crippen LogP contribution in [0.25, 0.3) is 0 Å². The molecule has 116 valence electrons. The molecule has 0 radical (unpaired) electrons. The van der Waals surface area contributed by atoms with Gasteiger partial charge in [0.25, 0.3) is 0 Å². The highest BCUT2D eigenvalue weighted by molar-refractivity contribution is 5.23. The van der Waals surface area contributed by atoms with E-state index in [9.17, 15) is 0 Å². The van der Waals surface area contributed by atoms with E-state index in [1.807, 2.05) is 6.20 Å². The summed E-state index contributed by atoms with van der Waals surface area (Å²) in [5.74, 6) is 1.52. The lowest BCUT2D eigenvalue weighted by atomic mass is 9.83. The van der Waals surface area contributed by atoms with Crippen molar-refractivity contribution < 1.29 is 4.74 Å². The Morgan fingerprint density at radius 1 is 1.33 bits per heavy atom. The predicted molar refractivity (Wildman–Crippen MR) is 83.0 cm³/mol. The number of hydrogen-bond donors (Lipinski definition) is 1. The first-order valence-corrected chi connectivity index (χ1v) is 8.46. The predicted octanol–water partition coefficient (Wildman–Crippen LogP) is 2.74.